The molecule has 1 amide bonds. The van der Waals surface area contributed by atoms with Crippen molar-refractivity contribution in [3.05, 3.63) is 84.7 Å². The first-order valence-electron chi connectivity index (χ1n) is 9.49. The number of hydrogen-bond donors (Lipinski definition) is 1. The minimum absolute atomic E-state index is 0.162. The van der Waals surface area contributed by atoms with E-state index in [4.69, 9.17) is 0 Å². The molecule has 0 aliphatic carbocycles. The molecular weight excluding hydrogens is 400 g/mol. The number of aromatic nitrogens is 4. The van der Waals surface area contributed by atoms with E-state index in [2.05, 4.69) is 20.3 Å². The summed E-state index contributed by atoms with van der Waals surface area (Å²) in [5.41, 5.74) is 3.37. The fraction of sp³-hybridized carbons (Fsp3) is 0.0435. The van der Waals surface area contributed by atoms with Crippen molar-refractivity contribution in [3.63, 3.8) is 0 Å². The second-order valence-corrected chi connectivity index (χ2v) is 6.85. The lowest BCUT2D eigenvalue weighted by Gasteiger charge is -2.09. The van der Waals surface area contributed by atoms with Crippen LogP contribution in [0.2, 0.25) is 0 Å². The molecule has 0 unspecified atom stereocenters. The molecule has 1 N–H and O–H groups in total. The Hall–Kier alpha value is -4.20. The summed E-state index contributed by atoms with van der Waals surface area (Å²) in [5, 5.41) is 2.75. The summed E-state index contributed by atoms with van der Waals surface area (Å²) in [6, 6.07) is 20.6. The van der Waals surface area contributed by atoms with Crippen LogP contribution in [0.4, 0.5) is 14.5 Å². The summed E-state index contributed by atoms with van der Waals surface area (Å²) >= 11 is 0. The van der Waals surface area contributed by atoms with Gasteiger partial charge in [-0.1, -0.05) is 24.3 Å². The quantitative estimate of drug-likeness (QED) is 0.433. The van der Waals surface area contributed by atoms with Gasteiger partial charge in [0.2, 0.25) is 0 Å². The van der Waals surface area contributed by atoms with Crippen molar-refractivity contribution in [2.45, 2.75) is 6.55 Å². The van der Waals surface area contributed by atoms with Gasteiger partial charge in [-0.25, -0.2) is 9.97 Å². The number of amides is 1. The van der Waals surface area contributed by atoms with Crippen molar-refractivity contribution in [2.75, 3.05) is 5.32 Å². The van der Waals surface area contributed by atoms with Gasteiger partial charge in [0.05, 0.1) is 28.3 Å². The topological polar surface area (TPSA) is 72.7 Å². The van der Waals surface area contributed by atoms with Gasteiger partial charge in [-0.05, 0) is 48.5 Å². The van der Waals surface area contributed by atoms with Crippen molar-refractivity contribution in [1.29, 1.82) is 0 Å². The van der Waals surface area contributed by atoms with Crippen LogP contribution in [0.15, 0.2) is 79.0 Å². The molecule has 3 aromatic carbocycles. The van der Waals surface area contributed by atoms with E-state index in [1.807, 2.05) is 18.2 Å². The smallest absolute Gasteiger partial charge is 0.320 e. The van der Waals surface area contributed by atoms with Gasteiger partial charge in [0, 0.05) is 11.3 Å². The fourth-order valence-electron chi connectivity index (χ4n) is 3.41. The maximum atomic E-state index is 13.7. The van der Waals surface area contributed by atoms with Gasteiger partial charge >= 0.3 is 6.55 Å². The van der Waals surface area contributed by atoms with Gasteiger partial charge in [0.15, 0.2) is 0 Å². The summed E-state index contributed by atoms with van der Waals surface area (Å²) in [5.74, 6) is -0.250. The molecule has 2 aromatic heterocycles. The van der Waals surface area contributed by atoms with Gasteiger partial charge in [0.1, 0.15) is 11.5 Å². The highest BCUT2D eigenvalue weighted by Crippen LogP contribution is 2.30. The number of alkyl halides is 2. The van der Waals surface area contributed by atoms with Crippen LogP contribution in [0.5, 0.6) is 0 Å². The standard InChI is InChI=1S/C23H15F2N5O/c24-23(25)30-20-8-4-3-7-18(20)29-21(30)14-9-11-15(12-10-14)27-22(31)19-13-26-16-5-1-2-6-17(16)28-19/h1-13,23H,(H,27,31). The predicted molar refractivity (Wildman–Crippen MR) is 114 cm³/mol. The number of carbonyl (C=O) groups is 1. The fourth-order valence-corrected chi connectivity index (χ4v) is 3.41. The maximum absolute atomic E-state index is 13.7. The van der Waals surface area contributed by atoms with E-state index in [1.165, 1.54) is 6.20 Å². The zero-order valence-electron chi connectivity index (χ0n) is 16.0. The maximum Gasteiger partial charge on any atom is 0.320 e. The SMILES string of the molecule is O=C(Nc1ccc(-c2nc3ccccc3n2C(F)F)cc1)c1cnc2ccccc2n1. The van der Waals surface area contributed by atoms with Crippen molar-refractivity contribution in [2.24, 2.45) is 0 Å². The van der Waals surface area contributed by atoms with Crippen LogP contribution in [-0.4, -0.2) is 25.4 Å². The summed E-state index contributed by atoms with van der Waals surface area (Å²) in [7, 11) is 0. The van der Waals surface area contributed by atoms with Crippen molar-refractivity contribution < 1.29 is 13.6 Å². The highest BCUT2D eigenvalue weighted by molar-refractivity contribution is 6.03. The normalized spacial score (nSPS) is 11.3. The lowest BCUT2D eigenvalue weighted by molar-refractivity contribution is 0.0764. The molecule has 0 radical (unpaired) electrons. The Bertz CT molecular complexity index is 1410. The van der Waals surface area contributed by atoms with E-state index in [-0.39, 0.29) is 11.5 Å². The van der Waals surface area contributed by atoms with E-state index in [0.717, 1.165) is 4.57 Å². The van der Waals surface area contributed by atoms with Gasteiger partial charge in [-0.15, -0.1) is 0 Å². The number of nitrogens with one attached hydrogen (secondary N) is 1. The molecular formula is C23H15F2N5O. The van der Waals surface area contributed by atoms with E-state index >= 15 is 0 Å². The van der Waals surface area contributed by atoms with Crippen LogP contribution in [-0.2, 0) is 0 Å². The highest BCUT2D eigenvalue weighted by atomic mass is 19.3. The summed E-state index contributed by atoms with van der Waals surface area (Å²) in [6.45, 7) is -2.73. The van der Waals surface area contributed by atoms with E-state index in [9.17, 15) is 13.6 Å². The molecule has 6 nitrogen and oxygen atoms in total. The highest BCUT2D eigenvalue weighted by Gasteiger charge is 2.19. The van der Waals surface area contributed by atoms with Gasteiger partial charge < -0.3 is 5.32 Å². The molecule has 5 aromatic rings. The van der Waals surface area contributed by atoms with E-state index in [1.54, 1.807) is 54.6 Å². The van der Waals surface area contributed by atoms with Crippen LogP contribution in [0.3, 0.4) is 0 Å². The lowest BCUT2D eigenvalue weighted by atomic mass is 10.2. The molecule has 152 valence electrons. The van der Waals surface area contributed by atoms with Crippen LogP contribution >= 0.6 is 0 Å². The first-order chi connectivity index (χ1) is 15.1. The number of benzene rings is 3. The third-order valence-electron chi connectivity index (χ3n) is 4.87. The number of hydrogen-bond acceptors (Lipinski definition) is 4. The Balaban J connectivity index is 1.42. The molecule has 0 spiro atoms. The molecule has 0 aliphatic rings. The number of para-hydroxylation sites is 4. The molecule has 0 aliphatic heterocycles. The Morgan fingerprint density at radius 1 is 0.839 bits per heavy atom. The van der Waals surface area contributed by atoms with E-state index in [0.29, 0.717) is 33.3 Å². The zero-order chi connectivity index (χ0) is 21.4. The van der Waals surface area contributed by atoms with Crippen molar-refractivity contribution in [3.8, 4) is 11.4 Å². The van der Waals surface area contributed by atoms with Gasteiger partial charge in [-0.2, -0.15) is 8.78 Å². The number of rotatable bonds is 4. The third-order valence-corrected chi connectivity index (χ3v) is 4.87. The lowest BCUT2D eigenvalue weighted by Crippen LogP contribution is -2.14. The monoisotopic (exact) mass is 415 g/mol. The van der Waals surface area contributed by atoms with Gasteiger partial charge in [0.25, 0.3) is 5.91 Å². The number of carbonyl (C=O) groups excluding carboxylic acids is 1. The zero-order valence-corrected chi connectivity index (χ0v) is 16.0. The second kappa shape index (κ2) is 7.56. The minimum Gasteiger partial charge on any atom is -0.321 e. The number of fused-ring (bicyclic) bond motifs is 2. The molecule has 0 saturated heterocycles. The second-order valence-electron chi connectivity index (χ2n) is 6.85. The van der Waals surface area contributed by atoms with Crippen LogP contribution < -0.4 is 5.32 Å². The molecule has 0 atom stereocenters. The Labute approximate surface area is 175 Å². The third kappa shape index (κ3) is 3.48. The average Bonchev–Trinajstić information content (AvgIpc) is 3.19. The van der Waals surface area contributed by atoms with Crippen LogP contribution in [0.25, 0.3) is 33.5 Å². The van der Waals surface area contributed by atoms with Crippen molar-refractivity contribution >= 4 is 33.7 Å². The van der Waals surface area contributed by atoms with Crippen LogP contribution in [0.1, 0.15) is 17.0 Å². The molecule has 0 saturated carbocycles. The Morgan fingerprint density at radius 3 is 2.26 bits per heavy atom. The molecule has 2 heterocycles. The summed E-state index contributed by atoms with van der Waals surface area (Å²) in [6.07, 6.45) is 1.41. The first kappa shape index (κ1) is 18.8. The summed E-state index contributed by atoms with van der Waals surface area (Å²) in [4.78, 5) is 25.5. The first-order valence-corrected chi connectivity index (χ1v) is 9.49. The Kier molecular flexibility index (Phi) is 4.59. The van der Waals surface area contributed by atoms with Crippen LogP contribution in [0, 0.1) is 0 Å². The molecule has 0 bridgehead atoms. The number of anilines is 1. The average molecular weight is 415 g/mol. The predicted octanol–water partition coefficient (Wildman–Crippen LogP) is 5.29. The minimum atomic E-state index is -2.73. The molecule has 5 rings (SSSR count). The largest absolute Gasteiger partial charge is 0.321 e. The number of nitrogens with zero attached hydrogens (tertiary/aromatic N) is 4. The summed E-state index contributed by atoms with van der Waals surface area (Å²) < 4.78 is 28.3. The Morgan fingerprint density at radius 2 is 1.52 bits per heavy atom. The van der Waals surface area contributed by atoms with Crippen molar-refractivity contribution in [1.82, 2.24) is 19.5 Å². The molecule has 0 fully saturated rings. The molecule has 31 heavy (non-hydrogen) atoms. The van der Waals surface area contributed by atoms with E-state index < -0.39 is 12.5 Å². The molecule has 8 heteroatoms. The number of imidazole rings is 1. The van der Waals surface area contributed by atoms with Gasteiger partial charge in [-0.3, -0.25) is 14.3 Å². The number of halogens is 2.